The van der Waals surface area contributed by atoms with Crippen molar-refractivity contribution in [2.75, 3.05) is 22.5 Å². The highest BCUT2D eigenvalue weighted by Crippen LogP contribution is 2.20. The van der Waals surface area contributed by atoms with Crippen molar-refractivity contribution in [3.63, 3.8) is 0 Å². The Balaban J connectivity index is 1.69. The maximum atomic E-state index is 12.4. The Labute approximate surface area is 188 Å². The van der Waals surface area contributed by atoms with Crippen LogP contribution in [0, 0.1) is 0 Å². The van der Waals surface area contributed by atoms with Crippen molar-refractivity contribution in [2.24, 2.45) is 0 Å². The number of rotatable bonds is 10. The molecule has 0 bridgehead atoms. The lowest BCUT2D eigenvalue weighted by Gasteiger charge is -2.20. The van der Waals surface area contributed by atoms with Gasteiger partial charge in [0, 0.05) is 24.7 Å². The fraction of sp³-hybridized carbons (Fsp3) is 0.227. The lowest BCUT2D eigenvalue weighted by Crippen LogP contribution is -2.42. The third-order valence-corrected chi connectivity index (χ3v) is 5.04. The van der Waals surface area contributed by atoms with E-state index in [1.54, 1.807) is 36.4 Å². The number of nitrogens with one attached hydrogen (secondary N) is 3. The van der Waals surface area contributed by atoms with Crippen molar-refractivity contribution in [1.82, 2.24) is 4.98 Å². The van der Waals surface area contributed by atoms with E-state index in [-0.39, 0.29) is 22.9 Å². The van der Waals surface area contributed by atoms with E-state index in [9.17, 15) is 24.3 Å². The average Bonchev–Trinajstić information content (AvgIpc) is 2.79. The molecular weight excluding hydrogens is 436 g/mol. The summed E-state index contributed by atoms with van der Waals surface area (Å²) in [4.78, 5) is 51.6. The minimum atomic E-state index is -1.17. The van der Waals surface area contributed by atoms with Crippen LogP contribution in [0.5, 0.6) is 0 Å². The molecule has 0 spiro atoms. The molecule has 1 amide bonds. The minimum Gasteiger partial charge on any atom is -0.480 e. The van der Waals surface area contributed by atoms with Crippen LogP contribution < -0.4 is 26.8 Å². The van der Waals surface area contributed by atoms with E-state index >= 15 is 0 Å². The first-order valence-corrected chi connectivity index (χ1v) is 10.3. The number of nitrogens with zero attached hydrogens (tertiary/aromatic N) is 1. The quantitative estimate of drug-likeness (QED) is 0.270. The molecule has 2 aromatic carbocycles. The zero-order chi connectivity index (χ0) is 23.3. The largest absolute Gasteiger partial charge is 0.480 e. The van der Waals surface area contributed by atoms with Crippen LogP contribution in [0.2, 0.25) is 5.15 Å². The van der Waals surface area contributed by atoms with Gasteiger partial charge >= 0.3 is 5.97 Å². The van der Waals surface area contributed by atoms with Crippen molar-refractivity contribution >= 4 is 40.5 Å². The van der Waals surface area contributed by atoms with Crippen LogP contribution >= 0.6 is 11.6 Å². The van der Waals surface area contributed by atoms with Gasteiger partial charge in [-0.25, -0.2) is 9.78 Å². The normalized spacial score (nSPS) is 11.7. The predicted molar refractivity (Wildman–Crippen MR) is 123 cm³/mol. The van der Waals surface area contributed by atoms with Gasteiger partial charge in [0.05, 0.1) is 5.69 Å². The highest BCUT2D eigenvalue weighted by molar-refractivity contribution is 6.32. The molecule has 1 heterocycles. The number of carbonyl (C=O) groups is 2. The van der Waals surface area contributed by atoms with Crippen LogP contribution in [-0.2, 0) is 11.2 Å². The lowest BCUT2D eigenvalue weighted by atomic mass is 10.0. The van der Waals surface area contributed by atoms with Crippen LogP contribution in [0.4, 0.5) is 17.1 Å². The SMILES string of the molecule is CCCNc1c(N[C@@H](Cc2ccc(C(=O)Nc3cccnc3Cl)cc2)C(=O)O)c(=O)c1=O. The molecule has 4 N–H and O–H groups in total. The summed E-state index contributed by atoms with van der Waals surface area (Å²) < 4.78 is 0. The summed E-state index contributed by atoms with van der Waals surface area (Å²) in [7, 11) is 0. The third-order valence-electron chi connectivity index (χ3n) is 4.74. The molecule has 32 heavy (non-hydrogen) atoms. The number of hydrogen-bond donors (Lipinski definition) is 4. The Morgan fingerprint density at radius 3 is 2.41 bits per heavy atom. The van der Waals surface area contributed by atoms with E-state index in [1.165, 1.54) is 6.20 Å². The van der Waals surface area contributed by atoms with E-state index < -0.39 is 28.8 Å². The summed E-state index contributed by atoms with van der Waals surface area (Å²) in [5, 5.41) is 17.9. The molecule has 0 saturated heterocycles. The van der Waals surface area contributed by atoms with E-state index in [0.717, 1.165) is 6.42 Å². The summed E-state index contributed by atoms with van der Waals surface area (Å²) in [6.45, 7) is 2.39. The smallest absolute Gasteiger partial charge is 0.326 e. The monoisotopic (exact) mass is 456 g/mol. The number of anilines is 3. The second-order valence-corrected chi connectivity index (χ2v) is 7.43. The first-order chi connectivity index (χ1) is 15.3. The Morgan fingerprint density at radius 1 is 1.09 bits per heavy atom. The van der Waals surface area contributed by atoms with Gasteiger partial charge in [-0.3, -0.25) is 14.4 Å². The maximum absolute atomic E-state index is 12.4. The van der Waals surface area contributed by atoms with Crippen LogP contribution in [-0.4, -0.2) is 34.6 Å². The molecule has 0 unspecified atom stereocenters. The van der Waals surface area contributed by atoms with Crippen molar-refractivity contribution < 1.29 is 14.7 Å². The molecule has 9 nitrogen and oxygen atoms in total. The molecular formula is C22H21ClN4O5. The molecule has 3 rings (SSSR count). The van der Waals surface area contributed by atoms with Crippen molar-refractivity contribution in [1.29, 1.82) is 0 Å². The van der Waals surface area contributed by atoms with E-state index in [2.05, 4.69) is 20.9 Å². The number of carboxylic acids is 1. The fourth-order valence-electron chi connectivity index (χ4n) is 3.02. The van der Waals surface area contributed by atoms with Crippen molar-refractivity contribution in [2.45, 2.75) is 25.8 Å². The van der Waals surface area contributed by atoms with Gasteiger partial charge in [0.15, 0.2) is 5.15 Å². The minimum absolute atomic E-state index is 0.0137. The first-order valence-electron chi connectivity index (χ1n) is 9.89. The summed E-state index contributed by atoms with van der Waals surface area (Å²) in [5.74, 6) is -1.57. The molecule has 1 aromatic heterocycles. The molecule has 10 heteroatoms. The molecule has 1 atom stereocenters. The highest BCUT2D eigenvalue weighted by Gasteiger charge is 2.26. The summed E-state index contributed by atoms with van der Waals surface area (Å²) in [6, 6.07) is 8.48. The summed E-state index contributed by atoms with van der Waals surface area (Å²) >= 11 is 5.94. The van der Waals surface area contributed by atoms with Crippen molar-refractivity contribution in [3.8, 4) is 0 Å². The number of hydrogen-bond acceptors (Lipinski definition) is 7. The van der Waals surface area contributed by atoms with Gasteiger partial charge < -0.3 is 21.1 Å². The zero-order valence-electron chi connectivity index (χ0n) is 17.1. The topological polar surface area (TPSA) is 137 Å². The Kier molecular flexibility index (Phi) is 7.21. The van der Waals surface area contributed by atoms with Crippen LogP contribution in [0.15, 0.2) is 52.2 Å². The second-order valence-electron chi connectivity index (χ2n) is 7.07. The second kappa shape index (κ2) is 10.1. The third kappa shape index (κ3) is 5.12. The number of carbonyl (C=O) groups excluding carboxylic acids is 1. The predicted octanol–water partition coefficient (Wildman–Crippen LogP) is 2.51. The van der Waals surface area contributed by atoms with Crippen LogP contribution in [0.25, 0.3) is 0 Å². The maximum Gasteiger partial charge on any atom is 0.326 e. The number of aliphatic carboxylic acids is 1. The molecule has 0 aliphatic carbocycles. The standard InChI is InChI=1S/C22H21ClN4O5/c1-2-9-24-16-17(19(29)18(16)28)26-15(22(31)32)11-12-5-7-13(8-6-12)21(30)27-14-4-3-10-25-20(14)23/h3-8,10,15,24,26H,2,9,11H2,1H3,(H,27,30)(H,31,32)/t15-/m0/s1. The van der Waals surface area contributed by atoms with Crippen molar-refractivity contribution in [3.05, 3.63) is 79.3 Å². The van der Waals surface area contributed by atoms with Gasteiger partial charge in [0.2, 0.25) is 0 Å². The molecule has 0 aliphatic rings. The molecule has 0 fully saturated rings. The summed E-state index contributed by atoms with van der Waals surface area (Å²) in [6.07, 6.45) is 2.29. The van der Waals surface area contributed by atoms with Gasteiger partial charge in [-0.1, -0.05) is 30.7 Å². The number of carboxylic acid groups (broad SMARTS) is 1. The van der Waals surface area contributed by atoms with E-state index in [1.807, 2.05) is 6.92 Å². The number of halogens is 1. The van der Waals surface area contributed by atoms with Crippen LogP contribution in [0.3, 0.4) is 0 Å². The molecule has 0 radical (unpaired) electrons. The van der Waals surface area contributed by atoms with Gasteiger partial charge in [0.25, 0.3) is 16.8 Å². The van der Waals surface area contributed by atoms with Gasteiger partial charge in [-0.15, -0.1) is 0 Å². The Bertz CT molecular complexity index is 1200. The number of pyridine rings is 1. The fourth-order valence-corrected chi connectivity index (χ4v) is 3.19. The Morgan fingerprint density at radius 2 is 1.78 bits per heavy atom. The number of amides is 1. The lowest BCUT2D eigenvalue weighted by molar-refractivity contribution is -0.137. The van der Waals surface area contributed by atoms with Gasteiger partial charge in [-0.2, -0.15) is 0 Å². The van der Waals surface area contributed by atoms with Gasteiger partial charge in [0.1, 0.15) is 17.4 Å². The van der Waals surface area contributed by atoms with Gasteiger partial charge in [-0.05, 0) is 36.2 Å². The molecule has 0 aliphatic heterocycles. The van der Waals surface area contributed by atoms with E-state index in [4.69, 9.17) is 11.6 Å². The Hall–Kier alpha value is -3.72. The molecule has 166 valence electrons. The number of aromatic nitrogens is 1. The van der Waals surface area contributed by atoms with E-state index in [0.29, 0.717) is 23.4 Å². The number of benzene rings is 1. The summed E-state index contributed by atoms with van der Waals surface area (Å²) in [5.41, 5.74) is 0.0537. The molecule has 3 aromatic rings. The first kappa shape index (κ1) is 23.0. The zero-order valence-corrected chi connectivity index (χ0v) is 17.9. The van der Waals surface area contributed by atoms with Crippen LogP contribution in [0.1, 0.15) is 29.3 Å². The molecule has 0 saturated carbocycles. The average molecular weight is 457 g/mol. The highest BCUT2D eigenvalue weighted by atomic mass is 35.5.